The van der Waals surface area contributed by atoms with Crippen molar-refractivity contribution in [3.8, 4) is 0 Å². The molecule has 0 heterocycles. The largest absolute Gasteiger partial charge is 0.126 e. The highest BCUT2D eigenvalue weighted by molar-refractivity contribution is 6.30. The third-order valence-corrected chi connectivity index (χ3v) is 4.45. The second kappa shape index (κ2) is 6.85. The van der Waals surface area contributed by atoms with Crippen molar-refractivity contribution in [3.05, 3.63) is 70.2 Å². The van der Waals surface area contributed by atoms with Crippen molar-refractivity contribution in [1.29, 1.82) is 0 Å². The van der Waals surface area contributed by atoms with Crippen LogP contribution in [0.15, 0.2) is 48.5 Å². The minimum absolute atomic E-state index is 0.195. The molecule has 1 unspecified atom stereocenters. The Balaban J connectivity index is 2.13. The Bertz CT molecular complexity index is 562. The average Bonchev–Trinajstić information content (AvgIpc) is 2.45. The molecule has 0 N–H and O–H groups in total. The van der Waals surface area contributed by atoms with Crippen LogP contribution < -0.4 is 0 Å². The smallest absolute Gasteiger partial charge is 0.0406 e. The molecule has 0 aliphatic heterocycles. The van der Waals surface area contributed by atoms with Crippen LogP contribution in [0.25, 0.3) is 0 Å². The molecule has 112 valence electrons. The van der Waals surface area contributed by atoms with E-state index in [1.807, 2.05) is 12.1 Å². The van der Waals surface area contributed by atoms with Gasteiger partial charge in [0.1, 0.15) is 0 Å². The summed E-state index contributed by atoms with van der Waals surface area (Å²) in [5, 5.41) is 0.765. The topological polar surface area (TPSA) is 0 Å². The predicted octanol–water partition coefficient (Wildman–Crippen LogP) is 6.20. The van der Waals surface area contributed by atoms with Gasteiger partial charge in [-0.2, -0.15) is 0 Å². The van der Waals surface area contributed by atoms with E-state index in [1.165, 1.54) is 16.7 Å². The molecule has 0 saturated heterocycles. The Hall–Kier alpha value is -0.980. The molecule has 2 aromatic rings. The summed E-state index contributed by atoms with van der Waals surface area (Å²) < 4.78 is 0. The second-order valence-electron chi connectivity index (χ2n) is 6.55. The first-order valence-electron chi connectivity index (χ1n) is 7.31. The van der Waals surface area contributed by atoms with Crippen LogP contribution in [0.3, 0.4) is 0 Å². The summed E-state index contributed by atoms with van der Waals surface area (Å²) in [4.78, 5) is 0. The van der Waals surface area contributed by atoms with Crippen LogP contribution in [0, 0.1) is 0 Å². The zero-order valence-electron chi connectivity index (χ0n) is 12.9. The molecule has 0 radical (unpaired) electrons. The van der Waals surface area contributed by atoms with Crippen molar-refractivity contribution >= 4 is 23.2 Å². The van der Waals surface area contributed by atoms with E-state index < -0.39 is 0 Å². The van der Waals surface area contributed by atoms with Crippen LogP contribution in [0.2, 0.25) is 5.02 Å². The first kappa shape index (κ1) is 16.4. The fourth-order valence-electron chi connectivity index (χ4n) is 2.42. The predicted molar refractivity (Wildman–Crippen MR) is 93.8 cm³/mol. The van der Waals surface area contributed by atoms with Gasteiger partial charge in [-0.25, -0.2) is 0 Å². The molecule has 0 fully saturated rings. The number of hydrogen-bond acceptors (Lipinski definition) is 0. The number of halogens is 2. The Kier molecular flexibility index (Phi) is 5.35. The third kappa shape index (κ3) is 4.49. The summed E-state index contributed by atoms with van der Waals surface area (Å²) in [5.74, 6) is 0.937. The average molecular weight is 321 g/mol. The molecule has 0 aromatic heterocycles. The third-order valence-electron chi connectivity index (χ3n) is 3.83. The minimum Gasteiger partial charge on any atom is -0.126 e. The lowest BCUT2D eigenvalue weighted by Gasteiger charge is -2.20. The fourth-order valence-corrected chi connectivity index (χ4v) is 2.84. The van der Waals surface area contributed by atoms with Crippen LogP contribution in [-0.2, 0) is 11.8 Å². The van der Waals surface area contributed by atoms with Gasteiger partial charge in [-0.15, -0.1) is 11.6 Å². The van der Waals surface area contributed by atoms with Crippen molar-refractivity contribution in [1.82, 2.24) is 0 Å². The molecule has 0 bridgehead atoms. The van der Waals surface area contributed by atoms with E-state index in [1.54, 1.807) is 0 Å². The lowest BCUT2D eigenvalue weighted by atomic mass is 9.85. The Morgan fingerprint density at radius 1 is 0.905 bits per heavy atom. The van der Waals surface area contributed by atoms with Crippen molar-refractivity contribution in [2.45, 2.75) is 38.5 Å². The lowest BCUT2D eigenvalue weighted by Crippen LogP contribution is -2.11. The van der Waals surface area contributed by atoms with Crippen molar-refractivity contribution in [2.75, 3.05) is 5.88 Å². The van der Waals surface area contributed by atoms with E-state index in [4.69, 9.17) is 23.2 Å². The molecule has 2 heteroatoms. The highest BCUT2D eigenvalue weighted by Crippen LogP contribution is 2.26. The van der Waals surface area contributed by atoms with Crippen molar-refractivity contribution in [2.24, 2.45) is 0 Å². The molecule has 0 nitrogen and oxygen atoms in total. The van der Waals surface area contributed by atoms with E-state index in [-0.39, 0.29) is 5.41 Å². The monoisotopic (exact) mass is 320 g/mol. The van der Waals surface area contributed by atoms with Gasteiger partial charge in [-0.05, 0) is 40.7 Å². The number of hydrogen-bond donors (Lipinski definition) is 0. The summed E-state index contributed by atoms with van der Waals surface area (Å²) in [6, 6.07) is 16.9. The summed E-state index contributed by atoms with van der Waals surface area (Å²) in [5.41, 5.74) is 4.12. The summed E-state index contributed by atoms with van der Waals surface area (Å²) in [7, 11) is 0. The summed E-state index contributed by atoms with van der Waals surface area (Å²) in [6.45, 7) is 6.70. The van der Waals surface area contributed by atoms with Gasteiger partial charge >= 0.3 is 0 Å². The molecule has 0 spiro atoms. The number of rotatable bonds is 4. The molecule has 2 rings (SSSR count). The van der Waals surface area contributed by atoms with Gasteiger partial charge in [-0.1, -0.05) is 68.8 Å². The first-order chi connectivity index (χ1) is 9.90. The van der Waals surface area contributed by atoms with E-state index in [9.17, 15) is 0 Å². The van der Waals surface area contributed by atoms with Crippen molar-refractivity contribution in [3.63, 3.8) is 0 Å². The molecular weight excluding hydrogens is 299 g/mol. The second-order valence-corrected chi connectivity index (χ2v) is 7.30. The quantitative estimate of drug-likeness (QED) is 0.588. The van der Waals surface area contributed by atoms with Gasteiger partial charge in [0, 0.05) is 16.8 Å². The summed E-state index contributed by atoms with van der Waals surface area (Å²) in [6.07, 6.45) is 0.954. The van der Waals surface area contributed by atoms with E-state index >= 15 is 0 Å². The van der Waals surface area contributed by atoms with Crippen molar-refractivity contribution < 1.29 is 0 Å². The molecule has 2 aromatic carbocycles. The highest BCUT2D eigenvalue weighted by atomic mass is 35.5. The maximum absolute atomic E-state index is 6.16. The normalized spacial score (nSPS) is 13.2. The molecule has 0 aliphatic carbocycles. The molecule has 0 aliphatic rings. The van der Waals surface area contributed by atoms with Crippen LogP contribution in [0.5, 0.6) is 0 Å². The fraction of sp³-hybridized carbons (Fsp3) is 0.368. The van der Waals surface area contributed by atoms with Crippen LogP contribution in [0.1, 0.15) is 43.4 Å². The molecule has 0 saturated carbocycles. The number of benzene rings is 2. The number of alkyl halides is 1. The lowest BCUT2D eigenvalue weighted by molar-refractivity contribution is 0.589. The van der Waals surface area contributed by atoms with Crippen LogP contribution >= 0.6 is 23.2 Å². The van der Waals surface area contributed by atoms with E-state index in [2.05, 4.69) is 57.2 Å². The van der Waals surface area contributed by atoms with Crippen LogP contribution in [-0.4, -0.2) is 5.88 Å². The maximum atomic E-state index is 6.16. The van der Waals surface area contributed by atoms with Gasteiger partial charge < -0.3 is 0 Å². The zero-order chi connectivity index (χ0) is 15.5. The molecular formula is C19H22Cl2. The van der Waals surface area contributed by atoms with Crippen LogP contribution in [0.4, 0.5) is 0 Å². The molecule has 0 amide bonds. The first-order valence-corrected chi connectivity index (χ1v) is 8.22. The Morgan fingerprint density at radius 3 is 1.95 bits per heavy atom. The van der Waals surface area contributed by atoms with Gasteiger partial charge in [-0.3, -0.25) is 0 Å². The zero-order valence-corrected chi connectivity index (χ0v) is 14.4. The highest BCUT2D eigenvalue weighted by Gasteiger charge is 2.15. The standard InChI is InChI=1S/C19H22Cl2/c1-19(2,3)17-8-4-14(5-9-17)12-16(13-20)15-6-10-18(21)11-7-15/h4-11,16H,12-13H2,1-3H3. The van der Waals surface area contributed by atoms with Gasteiger partial charge in [0.15, 0.2) is 0 Å². The Labute approximate surface area is 138 Å². The molecule has 1 atom stereocenters. The minimum atomic E-state index is 0.195. The summed E-state index contributed by atoms with van der Waals surface area (Å²) >= 11 is 12.1. The SMILES string of the molecule is CC(C)(C)c1ccc(CC(CCl)c2ccc(Cl)cc2)cc1. The van der Waals surface area contributed by atoms with Gasteiger partial charge in [0.2, 0.25) is 0 Å². The molecule has 21 heavy (non-hydrogen) atoms. The maximum Gasteiger partial charge on any atom is 0.0406 e. The van der Waals surface area contributed by atoms with Gasteiger partial charge in [0.25, 0.3) is 0 Å². The van der Waals surface area contributed by atoms with E-state index in [0.29, 0.717) is 11.8 Å². The van der Waals surface area contributed by atoms with Gasteiger partial charge in [0.05, 0.1) is 0 Å². The Morgan fingerprint density at radius 2 is 1.48 bits per heavy atom. The van der Waals surface area contributed by atoms with E-state index in [0.717, 1.165) is 11.4 Å².